The van der Waals surface area contributed by atoms with Crippen molar-refractivity contribution in [2.75, 3.05) is 26.8 Å². The molecule has 1 aliphatic carbocycles. The molecule has 7 heteroatoms. The molecule has 1 saturated carbocycles. The van der Waals surface area contributed by atoms with E-state index in [1.807, 2.05) is 0 Å². The Balaban J connectivity index is 1.77. The predicted molar refractivity (Wildman–Crippen MR) is 79.6 cm³/mol. The molecule has 0 aromatic carbocycles. The van der Waals surface area contributed by atoms with Gasteiger partial charge in [0, 0.05) is 25.8 Å². The maximum absolute atomic E-state index is 12.2. The largest absolute Gasteiger partial charge is 0.464 e. The van der Waals surface area contributed by atoms with Gasteiger partial charge in [-0.25, -0.2) is 13.1 Å². The van der Waals surface area contributed by atoms with Crippen molar-refractivity contribution in [1.29, 1.82) is 0 Å². The van der Waals surface area contributed by atoms with Crippen LogP contribution in [0.3, 0.4) is 0 Å². The van der Waals surface area contributed by atoms with Crippen LogP contribution in [0.2, 0.25) is 0 Å². The van der Waals surface area contributed by atoms with Crippen LogP contribution in [0.25, 0.3) is 0 Å². The van der Waals surface area contributed by atoms with Crippen LogP contribution in [0.1, 0.15) is 30.8 Å². The Morgan fingerprint density at radius 1 is 1.43 bits per heavy atom. The van der Waals surface area contributed by atoms with Gasteiger partial charge in [0.25, 0.3) is 0 Å². The lowest BCUT2D eigenvalue weighted by Crippen LogP contribution is -2.25. The van der Waals surface area contributed by atoms with Gasteiger partial charge >= 0.3 is 0 Å². The van der Waals surface area contributed by atoms with Gasteiger partial charge in [-0.15, -0.1) is 0 Å². The van der Waals surface area contributed by atoms with Crippen molar-refractivity contribution in [3.63, 3.8) is 0 Å². The van der Waals surface area contributed by atoms with E-state index in [0.29, 0.717) is 37.6 Å². The number of furan rings is 1. The number of sulfonamides is 1. The third kappa shape index (κ3) is 5.10. The lowest BCUT2D eigenvalue weighted by molar-refractivity contribution is 0.123. The minimum Gasteiger partial charge on any atom is -0.464 e. The van der Waals surface area contributed by atoms with Gasteiger partial charge in [-0.3, -0.25) is 0 Å². The van der Waals surface area contributed by atoms with Gasteiger partial charge < -0.3 is 14.5 Å². The van der Waals surface area contributed by atoms with Crippen LogP contribution in [0.4, 0.5) is 0 Å². The average Bonchev–Trinajstić information content (AvgIpc) is 3.17. The third-order valence-corrected chi connectivity index (χ3v) is 4.94. The zero-order valence-corrected chi connectivity index (χ0v) is 13.5. The first-order valence-electron chi connectivity index (χ1n) is 7.34. The van der Waals surface area contributed by atoms with Crippen LogP contribution in [-0.4, -0.2) is 35.2 Å². The van der Waals surface area contributed by atoms with Gasteiger partial charge in [0.1, 0.15) is 16.4 Å². The summed E-state index contributed by atoms with van der Waals surface area (Å²) in [6, 6.07) is 1.57. The topological polar surface area (TPSA) is 80.6 Å². The van der Waals surface area contributed by atoms with Crippen LogP contribution in [0.15, 0.2) is 15.4 Å². The maximum atomic E-state index is 12.2. The summed E-state index contributed by atoms with van der Waals surface area (Å²) < 4.78 is 37.9. The average molecular weight is 316 g/mol. The summed E-state index contributed by atoms with van der Waals surface area (Å²) in [6.45, 7) is 3.94. The summed E-state index contributed by atoms with van der Waals surface area (Å²) in [5, 5.41) is 2.93. The zero-order chi connectivity index (χ0) is 15.3. The molecule has 1 aromatic rings. The Labute approximate surface area is 126 Å². The number of rotatable bonds is 10. The first-order chi connectivity index (χ1) is 10.0. The number of aryl methyl sites for hydroxylation is 1. The molecule has 0 aliphatic heterocycles. The molecule has 0 bridgehead atoms. The Hall–Kier alpha value is -0.890. The molecule has 21 heavy (non-hydrogen) atoms. The first-order valence-corrected chi connectivity index (χ1v) is 8.82. The van der Waals surface area contributed by atoms with E-state index in [1.54, 1.807) is 20.0 Å². The summed E-state index contributed by atoms with van der Waals surface area (Å²) in [4.78, 5) is 0.214. The molecule has 2 rings (SSSR count). The molecule has 120 valence electrons. The molecule has 0 saturated heterocycles. The molecule has 1 fully saturated rings. The second-order valence-electron chi connectivity index (χ2n) is 5.43. The number of hydrogen-bond donors (Lipinski definition) is 2. The van der Waals surface area contributed by atoms with E-state index < -0.39 is 10.0 Å². The van der Waals surface area contributed by atoms with E-state index in [9.17, 15) is 8.42 Å². The number of hydrogen-bond acceptors (Lipinski definition) is 5. The fourth-order valence-corrected chi connectivity index (χ4v) is 3.32. The number of ether oxygens (including phenoxy) is 1. The van der Waals surface area contributed by atoms with Crippen molar-refractivity contribution in [3.05, 3.63) is 17.6 Å². The SMILES string of the molecule is CNCc1cc(S(=O)(=O)NCCCOCC2CC2)c(C)o1. The highest BCUT2D eigenvalue weighted by atomic mass is 32.2. The van der Waals surface area contributed by atoms with Crippen molar-refractivity contribution in [3.8, 4) is 0 Å². The molecular weight excluding hydrogens is 292 g/mol. The molecule has 0 unspecified atom stereocenters. The standard InChI is InChI=1S/C14H24N2O4S/c1-11-14(8-13(20-11)9-15-2)21(17,18)16-6-3-7-19-10-12-4-5-12/h8,12,15-16H,3-7,9-10H2,1-2H3. The van der Waals surface area contributed by atoms with Crippen molar-refractivity contribution >= 4 is 10.0 Å². The molecule has 0 atom stereocenters. The van der Waals surface area contributed by atoms with Gasteiger partial charge in [0.15, 0.2) is 0 Å². The Bertz CT molecular complexity index is 549. The smallest absolute Gasteiger partial charge is 0.244 e. The van der Waals surface area contributed by atoms with Crippen LogP contribution < -0.4 is 10.0 Å². The van der Waals surface area contributed by atoms with E-state index >= 15 is 0 Å². The van der Waals surface area contributed by atoms with Gasteiger partial charge in [-0.1, -0.05) is 0 Å². The Kier molecular flexibility index (Phi) is 5.80. The summed E-state index contributed by atoms with van der Waals surface area (Å²) in [6.07, 6.45) is 3.20. The van der Waals surface area contributed by atoms with Gasteiger partial charge in [-0.2, -0.15) is 0 Å². The lowest BCUT2D eigenvalue weighted by atomic mass is 10.4. The molecule has 2 N–H and O–H groups in total. The van der Waals surface area contributed by atoms with Crippen LogP contribution >= 0.6 is 0 Å². The van der Waals surface area contributed by atoms with E-state index in [-0.39, 0.29) is 4.90 Å². The molecular formula is C14H24N2O4S. The normalized spacial score (nSPS) is 15.5. The molecule has 0 spiro atoms. The maximum Gasteiger partial charge on any atom is 0.244 e. The van der Waals surface area contributed by atoms with Crippen LogP contribution in [0, 0.1) is 12.8 Å². The van der Waals surface area contributed by atoms with Crippen molar-refractivity contribution in [1.82, 2.24) is 10.0 Å². The first kappa shape index (κ1) is 16.5. The Morgan fingerprint density at radius 3 is 2.86 bits per heavy atom. The lowest BCUT2D eigenvalue weighted by Gasteiger charge is -2.06. The molecule has 6 nitrogen and oxygen atoms in total. The molecule has 1 heterocycles. The fraction of sp³-hybridized carbons (Fsp3) is 0.714. The molecule has 1 aliphatic rings. The molecule has 0 amide bonds. The van der Waals surface area contributed by atoms with Gasteiger partial charge in [0.05, 0.1) is 6.54 Å². The minimum atomic E-state index is -3.51. The second-order valence-corrected chi connectivity index (χ2v) is 7.17. The van der Waals surface area contributed by atoms with Gasteiger partial charge in [-0.05, 0) is 39.2 Å². The van der Waals surface area contributed by atoms with E-state index in [2.05, 4.69) is 10.0 Å². The molecule has 0 radical (unpaired) electrons. The van der Waals surface area contributed by atoms with E-state index in [4.69, 9.17) is 9.15 Å². The minimum absolute atomic E-state index is 0.214. The fourth-order valence-electron chi connectivity index (χ4n) is 2.05. The third-order valence-electron chi connectivity index (χ3n) is 3.37. The summed E-state index contributed by atoms with van der Waals surface area (Å²) in [5.74, 6) is 1.77. The van der Waals surface area contributed by atoms with Crippen LogP contribution in [0.5, 0.6) is 0 Å². The van der Waals surface area contributed by atoms with E-state index in [1.165, 1.54) is 12.8 Å². The van der Waals surface area contributed by atoms with Crippen molar-refractivity contribution in [2.45, 2.75) is 37.6 Å². The highest BCUT2D eigenvalue weighted by Gasteiger charge is 2.22. The number of nitrogens with one attached hydrogen (secondary N) is 2. The Morgan fingerprint density at radius 2 is 2.19 bits per heavy atom. The highest BCUT2D eigenvalue weighted by molar-refractivity contribution is 7.89. The highest BCUT2D eigenvalue weighted by Crippen LogP contribution is 2.28. The quantitative estimate of drug-likeness (QED) is 0.638. The molecule has 1 aromatic heterocycles. The van der Waals surface area contributed by atoms with Crippen molar-refractivity contribution < 1.29 is 17.6 Å². The summed E-state index contributed by atoms with van der Waals surface area (Å²) in [5.41, 5.74) is 0. The summed E-state index contributed by atoms with van der Waals surface area (Å²) >= 11 is 0. The van der Waals surface area contributed by atoms with E-state index in [0.717, 1.165) is 12.5 Å². The van der Waals surface area contributed by atoms with Gasteiger partial charge in [0.2, 0.25) is 10.0 Å². The van der Waals surface area contributed by atoms with Crippen molar-refractivity contribution in [2.24, 2.45) is 5.92 Å². The second kappa shape index (κ2) is 7.40. The summed E-state index contributed by atoms with van der Waals surface area (Å²) in [7, 11) is -1.72. The predicted octanol–water partition coefficient (Wildman–Crippen LogP) is 1.40. The van der Waals surface area contributed by atoms with Crippen LogP contribution in [-0.2, 0) is 21.3 Å². The monoisotopic (exact) mass is 316 g/mol. The zero-order valence-electron chi connectivity index (χ0n) is 12.6.